The van der Waals surface area contributed by atoms with Gasteiger partial charge in [-0.25, -0.2) is 0 Å². The number of rotatable bonds is 4. The highest BCUT2D eigenvalue weighted by Gasteiger charge is 2.03. The minimum atomic E-state index is 0.749. The first-order chi connectivity index (χ1) is 6.97. The third kappa shape index (κ3) is 4.51. The van der Waals surface area contributed by atoms with Crippen molar-refractivity contribution in [1.29, 1.82) is 0 Å². The topological polar surface area (TPSA) is 0 Å². The summed E-state index contributed by atoms with van der Waals surface area (Å²) < 4.78 is 0. The van der Waals surface area contributed by atoms with Crippen molar-refractivity contribution in [2.24, 2.45) is 11.8 Å². The molecule has 15 heavy (non-hydrogen) atoms. The van der Waals surface area contributed by atoms with Crippen LogP contribution in [0.2, 0.25) is 0 Å². The fraction of sp³-hybridized carbons (Fsp3) is 0.600. The molecule has 0 fully saturated rings. The lowest BCUT2D eigenvalue weighted by atomic mass is 9.95. The van der Waals surface area contributed by atoms with Gasteiger partial charge in [0.2, 0.25) is 0 Å². The maximum Gasteiger partial charge on any atom is -0.0255 e. The standard InChI is InChI=1S/C15H24/c1-11(2)6-14-8-13(5)9-15(10-14)7-12(3)4/h8-12H,6-7H2,1-5H3. The van der Waals surface area contributed by atoms with Crippen molar-refractivity contribution < 1.29 is 0 Å². The van der Waals surface area contributed by atoms with Crippen molar-refractivity contribution in [1.82, 2.24) is 0 Å². The van der Waals surface area contributed by atoms with Gasteiger partial charge in [-0.3, -0.25) is 0 Å². The van der Waals surface area contributed by atoms with E-state index in [0.29, 0.717) is 0 Å². The average Bonchev–Trinajstić information content (AvgIpc) is 1.98. The molecule has 0 spiro atoms. The normalized spacial score (nSPS) is 11.4. The Kier molecular flexibility index (Phi) is 4.38. The first-order valence-corrected chi connectivity index (χ1v) is 6.07. The predicted molar refractivity (Wildman–Crippen MR) is 68.3 cm³/mol. The van der Waals surface area contributed by atoms with Crippen LogP contribution in [-0.2, 0) is 12.8 Å². The molecule has 84 valence electrons. The Morgan fingerprint density at radius 1 is 0.800 bits per heavy atom. The molecule has 1 aromatic carbocycles. The summed E-state index contributed by atoms with van der Waals surface area (Å²) in [5.41, 5.74) is 4.41. The zero-order chi connectivity index (χ0) is 11.4. The van der Waals surface area contributed by atoms with Gasteiger partial charge in [-0.15, -0.1) is 0 Å². The van der Waals surface area contributed by atoms with Gasteiger partial charge in [0.25, 0.3) is 0 Å². The fourth-order valence-electron chi connectivity index (χ4n) is 2.13. The predicted octanol–water partition coefficient (Wildman–Crippen LogP) is 4.39. The summed E-state index contributed by atoms with van der Waals surface area (Å²) in [7, 11) is 0. The van der Waals surface area contributed by atoms with Crippen LogP contribution in [0.3, 0.4) is 0 Å². The van der Waals surface area contributed by atoms with Crippen LogP contribution in [0.15, 0.2) is 18.2 Å². The van der Waals surface area contributed by atoms with Crippen molar-refractivity contribution in [2.75, 3.05) is 0 Å². The molecule has 0 aliphatic carbocycles. The van der Waals surface area contributed by atoms with Gasteiger partial charge in [-0.2, -0.15) is 0 Å². The molecule has 0 unspecified atom stereocenters. The number of aryl methyl sites for hydroxylation is 1. The highest BCUT2D eigenvalue weighted by Crippen LogP contribution is 2.16. The van der Waals surface area contributed by atoms with Gasteiger partial charge in [0, 0.05) is 0 Å². The van der Waals surface area contributed by atoms with Gasteiger partial charge in [-0.1, -0.05) is 51.5 Å². The summed E-state index contributed by atoms with van der Waals surface area (Å²) in [5, 5.41) is 0. The Bertz CT molecular complexity index is 280. The molecular weight excluding hydrogens is 180 g/mol. The molecule has 1 rings (SSSR count). The second kappa shape index (κ2) is 5.34. The summed E-state index contributed by atoms with van der Waals surface area (Å²) in [6.45, 7) is 11.3. The van der Waals surface area contributed by atoms with E-state index < -0.39 is 0 Å². The molecule has 0 heteroatoms. The summed E-state index contributed by atoms with van der Waals surface area (Å²) in [4.78, 5) is 0. The molecule has 0 aliphatic rings. The average molecular weight is 204 g/mol. The van der Waals surface area contributed by atoms with E-state index in [-0.39, 0.29) is 0 Å². The molecule has 0 heterocycles. The number of benzene rings is 1. The SMILES string of the molecule is Cc1cc(CC(C)C)cc(CC(C)C)c1. The Balaban J connectivity index is 2.84. The highest BCUT2D eigenvalue weighted by molar-refractivity contribution is 5.30. The van der Waals surface area contributed by atoms with Crippen LogP contribution in [0.4, 0.5) is 0 Å². The molecule has 0 bridgehead atoms. The summed E-state index contributed by atoms with van der Waals surface area (Å²) >= 11 is 0. The maximum atomic E-state index is 2.38. The van der Waals surface area contributed by atoms with Gasteiger partial charge in [0.05, 0.1) is 0 Å². The van der Waals surface area contributed by atoms with E-state index in [0.717, 1.165) is 11.8 Å². The van der Waals surface area contributed by atoms with E-state index in [1.807, 2.05) is 0 Å². The first kappa shape index (κ1) is 12.3. The Morgan fingerprint density at radius 3 is 1.53 bits per heavy atom. The molecule has 0 nitrogen and oxygen atoms in total. The van der Waals surface area contributed by atoms with Crippen molar-refractivity contribution >= 4 is 0 Å². The van der Waals surface area contributed by atoms with Crippen LogP contribution < -0.4 is 0 Å². The third-order valence-corrected chi connectivity index (χ3v) is 2.48. The second-order valence-corrected chi connectivity index (χ2v) is 5.52. The molecule has 0 saturated carbocycles. The molecule has 0 amide bonds. The maximum absolute atomic E-state index is 2.38. The lowest BCUT2D eigenvalue weighted by Gasteiger charge is -2.11. The minimum absolute atomic E-state index is 0.749. The van der Waals surface area contributed by atoms with Gasteiger partial charge in [0.15, 0.2) is 0 Å². The summed E-state index contributed by atoms with van der Waals surface area (Å²) in [6, 6.07) is 7.03. The van der Waals surface area contributed by atoms with Gasteiger partial charge < -0.3 is 0 Å². The Labute approximate surface area is 94.7 Å². The molecule has 0 N–H and O–H groups in total. The lowest BCUT2D eigenvalue weighted by Crippen LogP contribution is -1.99. The zero-order valence-corrected chi connectivity index (χ0v) is 10.8. The molecule has 0 aromatic heterocycles. The number of hydrogen-bond acceptors (Lipinski definition) is 0. The Morgan fingerprint density at radius 2 is 1.20 bits per heavy atom. The molecule has 0 atom stereocenters. The van der Waals surface area contributed by atoms with E-state index in [4.69, 9.17) is 0 Å². The van der Waals surface area contributed by atoms with E-state index in [1.165, 1.54) is 29.5 Å². The highest BCUT2D eigenvalue weighted by atomic mass is 14.1. The van der Waals surface area contributed by atoms with Gasteiger partial charge in [-0.05, 0) is 42.7 Å². The second-order valence-electron chi connectivity index (χ2n) is 5.52. The first-order valence-electron chi connectivity index (χ1n) is 6.07. The van der Waals surface area contributed by atoms with Crippen LogP contribution in [0, 0.1) is 18.8 Å². The molecule has 0 aliphatic heterocycles. The lowest BCUT2D eigenvalue weighted by molar-refractivity contribution is 0.635. The van der Waals surface area contributed by atoms with Crippen LogP contribution in [0.25, 0.3) is 0 Å². The van der Waals surface area contributed by atoms with Crippen LogP contribution >= 0.6 is 0 Å². The van der Waals surface area contributed by atoms with Gasteiger partial charge in [0.1, 0.15) is 0 Å². The smallest absolute Gasteiger partial charge is 0.0255 e. The summed E-state index contributed by atoms with van der Waals surface area (Å²) in [6.07, 6.45) is 2.40. The molecule has 0 radical (unpaired) electrons. The van der Waals surface area contributed by atoms with Gasteiger partial charge >= 0.3 is 0 Å². The van der Waals surface area contributed by atoms with E-state index >= 15 is 0 Å². The Hall–Kier alpha value is -0.780. The fourth-order valence-corrected chi connectivity index (χ4v) is 2.13. The van der Waals surface area contributed by atoms with Crippen LogP contribution in [0.5, 0.6) is 0 Å². The third-order valence-electron chi connectivity index (χ3n) is 2.48. The molecular formula is C15H24. The monoisotopic (exact) mass is 204 g/mol. The van der Waals surface area contributed by atoms with Crippen molar-refractivity contribution in [3.05, 3.63) is 34.9 Å². The largest absolute Gasteiger partial charge is 0.0625 e. The van der Waals surface area contributed by atoms with E-state index in [1.54, 1.807) is 0 Å². The summed E-state index contributed by atoms with van der Waals surface area (Å²) in [5.74, 6) is 1.50. The quantitative estimate of drug-likeness (QED) is 0.682. The molecule has 0 saturated heterocycles. The van der Waals surface area contributed by atoms with E-state index in [2.05, 4.69) is 52.8 Å². The van der Waals surface area contributed by atoms with Crippen molar-refractivity contribution in [3.63, 3.8) is 0 Å². The van der Waals surface area contributed by atoms with Crippen molar-refractivity contribution in [2.45, 2.75) is 47.5 Å². The zero-order valence-electron chi connectivity index (χ0n) is 10.8. The minimum Gasteiger partial charge on any atom is -0.0625 e. The van der Waals surface area contributed by atoms with Crippen molar-refractivity contribution in [3.8, 4) is 0 Å². The number of hydrogen-bond donors (Lipinski definition) is 0. The van der Waals surface area contributed by atoms with Crippen LogP contribution in [0.1, 0.15) is 44.4 Å². The van der Waals surface area contributed by atoms with Crippen LogP contribution in [-0.4, -0.2) is 0 Å². The van der Waals surface area contributed by atoms with E-state index in [9.17, 15) is 0 Å². The molecule has 1 aromatic rings.